The van der Waals surface area contributed by atoms with Gasteiger partial charge < -0.3 is 14.4 Å². The highest BCUT2D eigenvalue weighted by Crippen LogP contribution is 2.38. The van der Waals surface area contributed by atoms with Crippen molar-refractivity contribution < 1.29 is 14.3 Å². The lowest BCUT2D eigenvalue weighted by molar-refractivity contribution is -0.119. The summed E-state index contributed by atoms with van der Waals surface area (Å²) in [5.41, 5.74) is 4.36. The largest absolute Gasteiger partial charge is 0.493 e. The summed E-state index contributed by atoms with van der Waals surface area (Å²) in [6, 6.07) is 11.9. The molecule has 0 saturated carbocycles. The molecule has 5 nitrogen and oxygen atoms in total. The topological polar surface area (TPSA) is 42.0 Å². The van der Waals surface area contributed by atoms with Gasteiger partial charge in [-0.25, -0.2) is 0 Å². The first-order valence-electron chi connectivity index (χ1n) is 10.0. The highest BCUT2D eigenvalue weighted by Gasteiger charge is 2.45. The second-order valence-electron chi connectivity index (χ2n) is 7.55. The number of amides is 1. The third-order valence-corrected chi connectivity index (χ3v) is 6.21. The quantitative estimate of drug-likeness (QED) is 0.671. The van der Waals surface area contributed by atoms with Crippen molar-refractivity contribution >= 4 is 28.9 Å². The smallest absolute Gasteiger partial charge is 0.256 e. The van der Waals surface area contributed by atoms with E-state index in [9.17, 15) is 4.79 Å². The third-order valence-electron chi connectivity index (χ3n) is 5.79. The number of hydrogen-bond donors (Lipinski definition) is 0. The number of carbonyl (C=O) groups excluding carboxylic acids is 1. The predicted molar refractivity (Wildman–Crippen MR) is 118 cm³/mol. The standard InChI is InChI=1S/C23H26N2O3S/c1-4-5-6-15-7-9-18(10-8-15)25-22(26)19-11-16-12-20(27-2)21(28-3)13-17(16)14-24(19)23(25)29/h7-10,12-13,19H,4-6,11,14H2,1-3H3/t19-/m0/s1. The van der Waals surface area contributed by atoms with Crippen LogP contribution in [0.15, 0.2) is 36.4 Å². The molecule has 0 N–H and O–H groups in total. The fourth-order valence-electron chi connectivity index (χ4n) is 4.14. The maximum absolute atomic E-state index is 13.2. The van der Waals surface area contributed by atoms with E-state index >= 15 is 0 Å². The van der Waals surface area contributed by atoms with Gasteiger partial charge in [0.2, 0.25) is 0 Å². The summed E-state index contributed by atoms with van der Waals surface area (Å²) in [6.07, 6.45) is 4.01. The van der Waals surface area contributed by atoms with E-state index in [1.807, 2.05) is 29.2 Å². The molecule has 2 aliphatic heterocycles. The number of rotatable bonds is 6. The highest BCUT2D eigenvalue weighted by molar-refractivity contribution is 7.80. The maximum Gasteiger partial charge on any atom is 0.256 e. The minimum atomic E-state index is -0.270. The minimum Gasteiger partial charge on any atom is -0.493 e. The molecule has 2 aromatic carbocycles. The summed E-state index contributed by atoms with van der Waals surface area (Å²) in [4.78, 5) is 16.9. The Kier molecular flexibility index (Phi) is 5.46. The first kappa shape index (κ1) is 19.7. The Labute approximate surface area is 177 Å². The zero-order valence-electron chi connectivity index (χ0n) is 17.1. The molecular formula is C23H26N2O3S. The Balaban J connectivity index is 1.60. The number of benzene rings is 2. The number of unbranched alkanes of at least 4 members (excludes halogenated alkanes) is 1. The van der Waals surface area contributed by atoms with Gasteiger partial charge in [-0.05, 0) is 66.0 Å². The Bertz CT molecular complexity index is 891. The number of fused-ring (bicyclic) bond motifs is 2. The van der Waals surface area contributed by atoms with E-state index in [0.717, 1.165) is 23.2 Å². The molecule has 1 amide bonds. The van der Waals surface area contributed by atoms with E-state index in [-0.39, 0.29) is 11.9 Å². The molecule has 0 radical (unpaired) electrons. The van der Waals surface area contributed by atoms with Gasteiger partial charge in [-0.15, -0.1) is 0 Å². The molecule has 0 aliphatic carbocycles. The monoisotopic (exact) mass is 410 g/mol. The summed E-state index contributed by atoms with van der Waals surface area (Å²) in [6.45, 7) is 2.78. The first-order chi connectivity index (χ1) is 14.1. The Morgan fingerprint density at radius 1 is 1.07 bits per heavy atom. The molecule has 2 aliphatic rings. The van der Waals surface area contributed by atoms with Crippen LogP contribution in [0.1, 0.15) is 36.5 Å². The Morgan fingerprint density at radius 2 is 1.72 bits per heavy atom. The van der Waals surface area contributed by atoms with Gasteiger partial charge in [0.15, 0.2) is 16.6 Å². The van der Waals surface area contributed by atoms with Crippen molar-refractivity contribution in [2.24, 2.45) is 0 Å². The van der Waals surface area contributed by atoms with Gasteiger partial charge in [0, 0.05) is 13.0 Å². The van der Waals surface area contributed by atoms with Crippen molar-refractivity contribution in [1.82, 2.24) is 4.90 Å². The summed E-state index contributed by atoms with van der Waals surface area (Å²) < 4.78 is 10.9. The molecule has 1 fully saturated rings. The lowest BCUT2D eigenvalue weighted by Gasteiger charge is -2.31. The number of ether oxygens (including phenoxy) is 2. The fraction of sp³-hybridized carbons (Fsp3) is 0.391. The van der Waals surface area contributed by atoms with Crippen LogP contribution in [-0.4, -0.2) is 36.2 Å². The van der Waals surface area contributed by atoms with E-state index in [4.69, 9.17) is 21.7 Å². The van der Waals surface area contributed by atoms with Crippen LogP contribution in [0.25, 0.3) is 0 Å². The van der Waals surface area contributed by atoms with E-state index in [1.54, 1.807) is 19.1 Å². The Hall–Kier alpha value is -2.60. The second kappa shape index (κ2) is 8.03. The van der Waals surface area contributed by atoms with Crippen molar-refractivity contribution in [3.05, 3.63) is 53.1 Å². The van der Waals surface area contributed by atoms with Crippen molar-refractivity contribution in [2.75, 3.05) is 19.1 Å². The molecule has 0 spiro atoms. The van der Waals surface area contributed by atoms with Gasteiger partial charge in [0.25, 0.3) is 5.91 Å². The number of hydrogen-bond acceptors (Lipinski definition) is 4. The second-order valence-corrected chi connectivity index (χ2v) is 7.92. The molecule has 2 heterocycles. The number of carbonyl (C=O) groups is 1. The highest BCUT2D eigenvalue weighted by atomic mass is 32.1. The van der Waals surface area contributed by atoms with Gasteiger partial charge in [-0.1, -0.05) is 25.5 Å². The molecule has 0 bridgehead atoms. The first-order valence-corrected chi connectivity index (χ1v) is 10.5. The van der Waals surface area contributed by atoms with Crippen LogP contribution >= 0.6 is 12.2 Å². The number of nitrogens with zero attached hydrogens (tertiary/aromatic N) is 2. The van der Waals surface area contributed by atoms with Crippen LogP contribution < -0.4 is 14.4 Å². The number of thiocarbonyl (C=S) groups is 1. The summed E-state index contributed by atoms with van der Waals surface area (Å²) in [7, 11) is 3.26. The zero-order chi connectivity index (χ0) is 20.5. The van der Waals surface area contributed by atoms with E-state index in [0.29, 0.717) is 29.6 Å². The average molecular weight is 411 g/mol. The van der Waals surface area contributed by atoms with E-state index in [2.05, 4.69) is 19.1 Å². The van der Waals surface area contributed by atoms with Crippen molar-refractivity contribution in [3.8, 4) is 11.5 Å². The molecule has 4 rings (SSSR count). The van der Waals surface area contributed by atoms with Crippen LogP contribution in [0.4, 0.5) is 5.69 Å². The van der Waals surface area contributed by atoms with Gasteiger partial charge in [0.05, 0.1) is 19.9 Å². The number of anilines is 1. The molecule has 6 heteroatoms. The third kappa shape index (κ3) is 3.46. The van der Waals surface area contributed by atoms with Crippen molar-refractivity contribution in [3.63, 3.8) is 0 Å². The van der Waals surface area contributed by atoms with Crippen LogP contribution in [0.3, 0.4) is 0 Å². The number of methoxy groups -OCH3 is 2. The molecule has 0 unspecified atom stereocenters. The summed E-state index contributed by atoms with van der Waals surface area (Å²) in [5, 5.41) is 0.571. The normalized spacial score (nSPS) is 18.0. The van der Waals surface area contributed by atoms with Gasteiger partial charge in [-0.2, -0.15) is 0 Å². The van der Waals surface area contributed by atoms with Crippen LogP contribution in [0.2, 0.25) is 0 Å². The summed E-state index contributed by atoms with van der Waals surface area (Å²) >= 11 is 5.71. The molecule has 29 heavy (non-hydrogen) atoms. The van der Waals surface area contributed by atoms with Crippen LogP contribution in [0, 0.1) is 0 Å². The molecular weight excluding hydrogens is 384 g/mol. The van der Waals surface area contributed by atoms with Crippen LogP contribution in [-0.2, 0) is 24.2 Å². The van der Waals surface area contributed by atoms with Crippen molar-refractivity contribution in [1.29, 1.82) is 0 Å². The van der Waals surface area contributed by atoms with Crippen LogP contribution in [0.5, 0.6) is 11.5 Å². The molecule has 1 saturated heterocycles. The predicted octanol–water partition coefficient (Wildman–Crippen LogP) is 4.10. The fourth-order valence-corrected chi connectivity index (χ4v) is 4.52. The Morgan fingerprint density at radius 3 is 2.34 bits per heavy atom. The van der Waals surface area contributed by atoms with Gasteiger partial charge in [-0.3, -0.25) is 9.69 Å². The molecule has 0 aromatic heterocycles. The minimum absolute atomic E-state index is 0.0387. The van der Waals surface area contributed by atoms with Gasteiger partial charge >= 0.3 is 0 Å². The van der Waals surface area contributed by atoms with Crippen molar-refractivity contribution in [2.45, 2.75) is 45.2 Å². The lowest BCUT2D eigenvalue weighted by atomic mass is 9.94. The molecule has 2 aromatic rings. The molecule has 152 valence electrons. The zero-order valence-corrected chi connectivity index (χ0v) is 17.9. The SMILES string of the molecule is CCCCc1ccc(N2C(=O)[C@@H]3Cc4cc(OC)c(OC)cc4CN3C2=S)cc1. The summed E-state index contributed by atoms with van der Waals surface area (Å²) in [5.74, 6) is 1.42. The van der Waals surface area contributed by atoms with E-state index in [1.165, 1.54) is 18.4 Å². The van der Waals surface area contributed by atoms with Gasteiger partial charge in [0.1, 0.15) is 6.04 Å². The average Bonchev–Trinajstić information content (AvgIpc) is 2.99. The lowest BCUT2D eigenvalue weighted by Crippen LogP contribution is -2.40. The number of aryl methyl sites for hydroxylation is 1. The molecule has 1 atom stereocenters. The maximum atomic E-state index is 13.2. The van der Waals surface area contributed by atoms with E-state index < -0.39 is 0 Å².